The molecule has 0 spiro atoms. The van der Waals surface area contributed by atoms with Crippen molar-refractivity contribution in [3.63, 3.8) is 0 Å². The Bertz CT molecular complexity index is 1030. The number of para-hydroxylation sites is 1. The van der Waals surface area contributed by atoms with Crippen LogP contribution in [0.2, 0.25) is 0 Å². The zero-order chi connectivity index (χ0) is 22.8. The number of hydrogen-bond acceptors (Lipinski definition) is 4. The number of carbonyl (C=O) groups excluding carboxylic acids is 2. The quantitative estimate of drug-likeness (QED) is 0.507. The lowest BCUT2D eigenvalue weighted by atomic mass is 10.1. The van der Waals surface area contributed by atoms with Crippen molar-refractivity contribution in [1.29, 1.82) is 0 Å². The van der Waals surface area contributed by atoms with E-state index in [9.17, 15) is 14.0 Å². The predicted molar refractivity (Wildman–Crippen MR) is 122 cm³/mol. The molecule has 0 aliphatic heterocycles. The Morgan fingerprint density at radius 2 is 1.72 bits per heavy atom. The van der Waals surface area contributed by atoms with Crippen LogP contribution in [0, 0.1) is 5.82 Å². The van der Waals surface area contributed by atoms with E-state index in [1.54, 1.807) is 35.2 Å². The van der Waals surface area contributed by atoms with E-state index in [4.69, 9.17) is 10.5 Å². The smallest absolute Gasteiger partial charge is 0.262 e. The van der Waals surface area contributed by atoms with E-state index in [1.165, 1.54) is 18.2 Å². The highest BCUT2D eigenvalue weighted by molar-refractivity contribution is 5.94. The summed E-state index contributed by atoms with van der Waals surface area (Å²) in [5.41, 5.74) is 7.41. The summed E-state index contributed by atoms with van der Waals surface area (Å²) in [6.45, 7) is 1.16. The maximum absolute atomic E-state index is 13.5. The van der Waals surface area contributed by atoms with E-state index in [1.807, 2.05) is 30.3 Å². The Morgan fingerprint density at radius 1 is 0.969 bits per heavy atom. The molecule has 6 nitrogen and oxygen atoms in total. The summed E-state index contributed by atoms with van der Waals surface area (Å²) in [5.74, 6) is -0.356. The highest BCUT2D eigenvalue weighted by Gasteiger charge is 2.16. The number of nitrogens with zero attached hydrogens (tertiary/aromatic N) is 1. The van der Waals surface area contributed by atoms with Gasteiger partial charge in [-0.05, 0) is 61.0 Å². The molecule has 0 aromatic heterocycles. The van der Waals surface area contributed by atoms with Crippen molar-refractivity contribution in [2.75, 3.05) is 25.0 Å². The molecule has 0 saturated heterocycles. The molecule has 2 amide bonds. The van der Waals surface area contributed by atoms with Gasteiger partial charge in [0.15, 0.2) is 6.61 Å². The molecule has 0 heterocycles. The first-order valence-corrected chi connectivity index (χ1v) is 10.4. The van der Waals surface area contributed by atoms with Crippen molar-refractivity contribution in [1.82, 2.24) is 4.90 Å². The van der Waals surface area contributed by atoms with Crippen molar-refractivity contribution in [3.8, 4) is 5.75 Å². The van der Waals surface area contributed by atoms with Gasteiger partial charge in [0.05, 0.1) is 0 Å². The highest BCUT2D eigenvalue weighted by atomic mass is 19.1. The molecule has 0 atom stereocenters. The molecule has 0 radical (unpaired) electrons. The minimum atomic E-state index is -0.453. The second kappa shape index (κ2) is 11.6. The van der Waals surface area contributed by atoms with Gasteiger partial charge in [-0.15, -0.1) is 0 Å². The van der Waals surface area contributed by atoms with Gasteiger partial charge in [-0.1, -0.05) is 36.4 Å². The van der Waals surface area contributed by atoms with Crippen LogP contribution in [0.5, 0.6) is 5.75 Å². The molecule has 3 aromatic carbocycles. The molecule has 0 aliphatic carbocycles. The minimum absolute atomic E-state index is 0.0965. The molecule has 0 aliphatic rings. The van der Waals surface area contributed by atoms with Crippen molar-refractivity contribution < 1.29 is 18.7 Å². The van der Waals surface area contributed by atoms with E-state index in [-0.39, 0.29) is 18.4 Å². The van der Waals surface area contributed by atoms with E-state index in [2.05, 4.69) is 5.32 Å². The van der Waals surface area contributed by atoms with Crippen LogP contribution in [0.1, 0.15) is 22.3 Å². The van der Waals surface area contributed by atoms with Crippen LogP contribution in [0.3, 0.4) is 0 Å². The normalized spacial score (nSPS) is 10.4. The molecule has 0 bridgehead atoms. The van der Waals surface area contributed by atoms with E-state index < -0.39 is 5.82 Å². The fraction of sp³-hybridized carbons (Fsp3) is 0.200. The summed E-state index contributed by atoms with van der Waals surface area (Å²) < 4.78 is 19.0. The zero-order valence-corrected chi connectivity index (χ0v) is 17.7. The number of carbonyl (C=O) groups is 2. The predicted octanol–water partition coefficient (Wildman–Crippen LogP) is 3.83. The molecule has 32 heavy (non-hydrogen) atoms. The van der Waals surface area contributed by atoms with Crippen LogP contribution in [0.4, 0.5) is 10.1 Å². The number of halogens is 1. The maximum Gasteiger partial charge on any atom is 0.262 e. The Hall–Kier alpha value is -3.71. The lowest BCUT2D eigenvalue weighted by Crippen LogP contribution is -2.32. The second-order valence-electron chi connectivity index (χ2n) is 7.23. The lowest BCUT2D eigenvalue weighted by Gasteiger charge is -2.23. The molecular formula is C25H26FN3O3. The van der Waals surface area contributed by atoms with Crippen molar-refractivity contribution in [2.45, 2.75) is 13.0 Å². The van der Waals surface area contributed by atoms with Crippen LogP contribution < -0.4 is 15.8 Å². The Labute approximate surface area is 186 Å². The molecule has 0 saturated carbocycles. The number of nitrogens with one attached hydrogen (secondary N) is 1. The molecule has 0 fully saturated rings. The second-order valence-corrected chi connectivity index (χ2v) is 7.23. The first-order chi connectivity index (χ1) is 15.5. The largest absolute Gasteiger partial charge is 0.484 e. The molecule has 3 N–H and O–H groups in total. The van der Waals surface area contributed by atoms with Gasteiger partial charge in [0, 0.05) is 24.3 Å². The maximum atomic E-state index is 13.5. The summed E-state index contributed by atoms with van der Waals surface area (Å²) in [6, 6.07) is 22.0. The van der Waals surface area contributed by atoms with Crippen LogP contribution in [-0.4, -0.2) is 36.4 Å². The topological polar surface area (TPSA) is 84.7 Å². The molecule has 7 heteroatoms. The third-order valence-corrected chi connectivity index (χ3v) is 4.72. The number of hydrogen-bond donors (Lipinski definition) is 2. The molecule has 166 valence electrons. The van der Waals surface area contributed by atoms with Gasteiger partial charge in [0.1, 0.15) is 11.6 Å². The van der Waals surface area contributed by atoms with Gasteiger partial charge >= 0.3 is 0 Å². The van der Waals surface area contributed by atoms with Gasteiger partial charge in [-0.3, -0.25) is 9.59 Å². The fourth-order valence-corrected chi connectivity index (χ4v) is 3.12. The average Bonchev–Trinajstić information content (AvgIpc) is 2.82. The molecule has 3 rings (SSSR count). The molecular weight excluding hydrogens is 409 g/mol. The van der Waals surface area contributed by atoms with Gasteiger partial charge < -0.3 is 20.7 Å². The van der Waals surface area contributed by atoms with Gasteiger partial charge in [0.25, 0.3) is 11.8 Å². The minimum Gasteiger partial charge on any atom is -0.484 e. The van der Waals surface area contributed by atoms with Gasteiger partial charge in [-0.25, -0.2) is 4.39 Å². The monoisotopic (exact) mass is 435 g/mol. The lowest BCUT2D eigenvalue weighted by molar-refractivity contribution is -0.118. The number of amides is 2. The number of benzene rings is 3. The van der Waals surface area contributed by atoms with E-state index >= 15 is 0 Å². The van der Waals surface area contributed by atoms with Crippen LogP contribution in [0.25, 0.3) is 0 Å². The van der Waals surface area contributed by atoms with Crippen LogP contribution in [-0.2, 0) is 11.3 Å². The third kappa shape index (κ3) is 6.92. The van der Waals surface area contributed by atoms with Gasteiger partial charge in [-0.2, -0.15) is 0 Å². The SMILES string of the molecule is NCCCN(Cc1ccc(NC(=O)COc2ccccc2)cc1)C(=O)c1cccc(F)c1. The van der Waals surface area contributed by atoms with E-state index in [0.717, 1.165) is 5.56 Å². The Balaban J connectivity index is 1.59. The summed E-state index contributed by atoms with van der Waals surface area (Å²) in [5, 5.41) is 2.78. The average molecular weight is 435 g/mol. The first-order valence-electron chi connectivity index (χ1n) is 10.4. The third-order valence-electron chi connectivity index (χ3n) is 4.72. The highest BCUT2D eigenvalue weighted by Crippen LogP contribution is 2.15. The Morgan fingerprint density at radius 3 is 2.41 bits per heavy atom. The Kier molecular flexibility index (Phi) is 8.34. The van der Waals surface area contributed by atoms with Gasteiger partial charge in [0.2, 0.25) is 0 Å². The fourth-order valence-electron chi connectivity index (χ4n) is 3.12. The van der Waals surface area contributed by atoms with Crippen molar-refractivity contribution in [2.24, 2.45) is 5.73 Å². The van der Waals surface area contributed by atoms with Crippen molar-refractivity contribution in [3.05, 3.63) is 95.8 Å². The summed E-state index contributed by atoms with van der Waals surface area (Å²) >= 11 is 0. The summed E-state index contributed by atoms with van der Waals surface area (Å²) in [7, 11) is 0. The van der Waals surface area contributed by atoms with Crippen molar-refractivity contribution >= 4 is 17.5 Å². The standard InChI is InChI=1S/C25H26FN3O3/c26-21-7-4-6-20(16-21)25(31)29(15-5-14-27)17-19-10-12-22(13-11-19)28-24(30)18-32-23-8-2-1-3-9-23/h1-4,6-13,16H,5,14-15,17-18,27H2,(H,28,30). The zero-order valence-electron chi connectivity index (χ0n) is 17.7. The van der Waals surface area contributed by atoms with Crippen LogP contribution >= 0.6 is 0 Å². The van der Waals surface area contributed by atoms with E-state index in [0.29, 0.717) is 43.1 Å². The number of nitrogens with two attached hydrogens (primary N) is 1. The summed E-state index contributed by atoms with van der Waals surface area (Å²) in [6.07, 6.45) is 0.636. The number of ether oxygens (including phenoxy) is 1. The molecule has 0 unspecified atom stereocenters. The molecule has 3 aromatic rings. The summed E-state index contributed by atoms with van der Waals surface area (Å²) in [4.78, 5) is 26.6. The number of anilines is 1. The first kappa shape index (κ1) is 23.0. The van der Waals surface area contributed by atoms with Crippen LogP contribution in [0.15, 0.2) is 78.9 Å². The number of rotatable bonds is 10.